The Kier molecular flexibility index (Phi) is 3.04. The molecule has 0 bridgehead atoms. The van der Waals surface area contributed by atoms with Gasteiger partial charge in [0.1, 0.15) is 12.1 Å². The zero-order chi connectivity index (χ0) is 8.10. The topological polar surface area (TPSA) is 37.8 Å². The van der Waals surface area contributed by atoms with E-state index in [0.29, 0.717) is 6.54 Å². The molecule has 1 heterocycles. The van der Waals surface area contributed by atoms with Crippen LogP contribution in [0.15, 0.2) is 29.7 Å². The number of nitrogens with zero attached hydrogens (tertiary/aromatic N) is 2. The van der Waals surface area contributed by atoms with Gasteiger partial charge in [-0.3, -0.25) is 0 Å². The van der Waals surface area contributed by atoms with Crippen LogP contribution < -0.4 is 5.32 Å². The van der Waals surface area contributed by atoms with E-state index in [4.69, 9.17) is 0 Å². The molecule has 0 unspecified atom stereocenters. The molecular weight excluding hydrogens is 206 g/mol. The Morgan fingerprint density at radius 1 is 1.73 bits per heavy atom. The molecule has 0 saturated carbocycles. The summed E-state index contributed by atoms with van der Waals surface area (Å²) in [6.07, 6.45) is 3.19. The fraction of sp³-hybridized carbons (Fsp3) is 0.143. The van der Waals surface area contributed by atoms with E-state index in [1.165, 1.54) is 6.33 Å². The Hall–Kier alpha value is -0.900. The van der Waals surface area contributed by atoms with Gasteiger partial charge in [-0.05, 0) is 6.07 Å². The molecule has 0 aliphatic heterocycles. The summed E-state index contributed by atoms with van der Waals surface area (Å²) in [4.78, 5) is 7.75. The predicted molar refractivity (Wildman–Crippen MR) is 48.6 cm³/mol. The lowest BCUT2D eigenvalue weighted by atomic mass is 10.5. The third kappa shape index (κ3) is 3.13. The van der Waals surface area contributed by atoms with Gasteiger partial charge in [-0.1, -0.05) is 22.5 Å². The molecule has 1 N–H and O–H groups in total. The second-order valence-electron chi connectivity index (χ2n) is 1.97. The largest absolute Gasteiger partial charge is 0.365 e. The molecular formula is C7H8BrN3. The minimum atomic E-state index is 0.678. The number of hydrogen-bond donors (Lipinski definition) is 1. The SMILES string of the molecule is C=C(Br)CNc1ccncn1. The summed E-state index contributed by atoms with van der Waals surface area (Å²) in [6.45, 7) is 4.36. The molecule has 58 valence electrons. The molecule has 0 fully saturated rings. The molecule has 0 aliphatic rings. The van der Waals surface area contributed by atoms with Crippen molar-refractivity contribution in [2.75, 3.05) is 11.9 Å². The summed E-state index contributed by atoms with van der Waals surface area (Å²) in [5.41, 5.74) is 0. The van der Waals surface area contributed by atoms with E-state index in [0.717, 1.165) is 10.3 Å². The van der Waals surface area contributed by atoms with Crippen molar-refractivity contribution in [1.82, 2.24) is 9.97 Å². The third-order valence-corrected chi connectivity index (χ3v) is 1.32. The van der Waals surface area contributed by atoms with E-state index >= 15 is 0 Å². The molecule has 0 aromatic carbocycles. The number of nitrogens with one attached hydrogen (secondary N) is 1. The van der Waals surface area contributed by atoms with E-state index in [-0.39, 0.29) is 0 Å². The van der Waals surface area contributed by atoms with Crippen molar-refractivity contribution in [2.45, 2.75) is 0 Å². The van der Waals surface area contributed by atoms with E-state index in [2.05, 4.69) is 37.8 Å². The van der Waals surface area contributed by atoms with Crippen LogP contribution >= 0.6 is 15.9 Å². The number of rotatable bonds is 3. The van der Waals surface area contributed by atoms with Gasteiger partial charge in [0.15, 0.2) is 0 Å². The van der Waals surface area contributed by atoms with E-state index in [9.17, 15) is 0 Å². The summed E-state index contributed by atoms with van der Waals surface area (Å²) in [5.74, 6) is 0.806. The van der Waals surface area contributed by atoms with Crippen LogP contribution in [-0.4, -0.2) is 16.5 Å². The molecule has 11 heavy (non-hydrogen) atoms. The predicted octanol–water partition coefficient (Wildman–Crippen LogP) is 1.80. The first-order valence-electron chi connectivity index (χ1n) is 3.12. The lowest BCUT2D eigenvalue weighted by molar-refractivity contribution is 1.14. The Bertz CT molecular complexity index is 235. The van der Waals surface area contributed by atoms with Crippen LogP contribution in [0.2, 0.25) is 0 Å². The maximum atomic E-state index is 3.97. The highest BCUT2D eigenvalue weighted by Crippen LogP contribution is 2.03. The zero-order valence-corrected chi connectivity index (χ0v) is 7.50. The van der Waals surface area contributed by atoms with Gasteiger partial charge in [0.25, 0.3) is 0 Å². The number of aromatic nitrogens is 2. The Morgan fingerprint density at radius 2 is 2.55 bits per heavy atom. The molecule has 3 nitrogen and oxygen atoms in total. The molecule has 0 atom stereocenters. The van der Waals surface area contributed by atoms with Gasteiger partial charge in [-0.2, -0.15) is 0 Å². The van der Waals surface area contributed by atoms with Crippen LogP contribution in [0.25, 0.3) is 0 Å². The van der Waals surface area contributed by atoms with Crippen molar-refractivity contribution >= 4 is 21.7 Å². The van der Waals surface area contributed by atoms with E-state index in [1.54, 1.807) is 12.3 Å². The van der Waals surface area contributed by atoms with Gasteiger partial charge < -0.3 is 5.32 Å². The van der Waals surface area contributed by atoms with Crippen molar-refractivity contribution in [3.63, 3.8) is 0 Å². The monoisotopic (exact) mass is 213 g/mol. The van der Waals surface area contributed by atoms with Crippen molar-refractivity contribution < 1.29 is 0 Å². The van der Waals surface area contributed by atoms with Gasteiger partial charge >= 0.3 is 0 Å². The lowest BCUT2D eigenvalue weighted by Crippen LogP contribution is -2.01. The van der Waals surface area contributed by atoms with Crippen LogP contribution in [0.5, 0.6) is 0 Å². The number of anilines is 1. The van der Waals surface area contributed by atoms with Gasteiger partial charge in [0, 0.05) is 17.2 Å². The molecule has 1 rings (SSSR count). The van der Waals surface area contributed by atoms with Crippen LogP contribution in [0, 0.1) is 0 Å². The first-order chi connectivity index (χ1) is 5.29. The second kappa shape index (κ2) is 4.08. The molecule has 1 aromatic rings. The van der Waals surface area contributed by atoms with Gasteiger partial charge in [0.05, 0.1) is 0 Å². The standard InChI is InChI=1S/C7H8BrN3/c1-6(8)4-10-7-2-3-9-5-11-7/h2-3,5H,1,4H2,(H,9,10,11). The summed E-state index contributed by atoms with van der Waals surface area (Å²) in [7, 11) is 0. The first kappa shape index (κ1) is 8.20. The van der Waals surface area contributed by atoms with Gasteiger partial charge in [0.2, 0.25) is 0 Å². The minimum Gasteiger partial charge on any atom is -0.365 e. The average Bonchev–Trinajstić information content (AvgIpc) is 2.03. The third-order valence-electron chi connectivity index (χ3n) is 1.04. The second-order valence-corrected chi connectivity index (χ2v) is 3.09. The molecule has 4 heteroatoms. The van der Waals surface area contributed by atoms with Gasteiger partial charge in [-0.25, -0.2) is 9.97 Å². The fourth-order valence-electron chi connectivity index (χ4n) is 0.582. The first-order valence-corrected chi connectivity index (χ1v) is 3.91. The van der Waals surface area contributed by atoms with E-state index in [1.807, 2.05) is 0 Å². The van der Waals surface area contributed by atoms with Gasteiger partial charge in [-0.15, -0.1) is 0 Å². The number of hydrogen-bond acceptors (Lipinski definition) is 3. The molecule has 0 aliphatic carbocycles. The lowest BCUT2D eigenvalue weighted by Gasteiger charge is -2.01. The Morgan fingerprint density at radius 3 is 3.09 bits per heavy atom. The van der Waals surface area contributed by atoms with Crippen LogP contribution in [-0.2, 0) is 0 Å². The molecule has 0 radical (unpaired) electrons. The quantitative estimate of drug-likeness (QED) is 0.833. The Labute approximate surface area is 73.7 Å². The van der Waals surface area contributed by atoms with Crippen molar-refractivity contribution in [1.29, 1.82) is 0 Å². The summed E-state index contributed by atoms with van der Waals surface area (Å²) >= 11 is 3.23. The molecule has 0 saturated heterocycles. The highest BCUT2D eigenvalue weighted by atomic mass is 79.9. The Balaban J connectivity index is 2.45. The summed E-state index contributed by atoms with van der Waals surface area (Å²) < 4.78 is 0.899. The number of halogens is 1. The smallest absolute Gasteiger partial charge is 0.129 e. The summed E-state index contributed by atoms with van der Waals surface area (Å²) in [6, 6.07) is 1.80. The zero-order valence-electron chi connectivity index (χ0n) is 5.92. The van der Waals surface area contributed by atoms with Crippen LogP contribution in [0.3, 0.4) is 0 Å². The molecule has 1 aromatic heterocycles. The van der Waals surface area contributed by atoms with Crippen molar-refractivity contribution in [3.8, 4) is 0 Å². The fourth-order valence-corrected chi connectivity index (χ4v) is 0.722. The van der Waals surface area contributed by atoms with E-state index < -0.39 is 0 Å². The maximum Gasteiger partial charge on any atom is 0.129 e. The van der Waals surface area contributed by atoms with Crippen molar-refractivity contribution in [3.05, 3.63) is 29.7 Å². The van der Waals surface area contributed by atoms with Crippen LogP contribution in [0.1, 0.15) is 0 Å². The molecule has 0 amide bonds. The van der Waals surface area contributed by atoms with Crippen molar-refractivity contribution in [2.24, 2.45) is 0 Å². The normalized spacial score (nSPS) is 9.18. The minimum absolute atomic E-state index is 0.678. The molecule has 0 spiro atoms. The van der Waals surface area contributed by atoms with Crippen LogP contribution in [0.4, 0.5) is 5.82 Å². The highest BCUT2D eigenvalue weighted by Gasteiger charge is 1.90. The maximum absolute atomic E-state index is 3.97. The highest BCUT2D eigenvalue weighted by molar-refractivity contribution is 9.11. The average molecular weight is 214 g/mol. The summed E-state index contributed by atoms with van der Waals surface area (Å²) in [5, 5.41) is 3.05.